The predicted molar refractivity (Wildman–Crippen MR) is 68.8 cm³/mol. The first-order chi connectivity index (χ1) is 7.86. The Balaban J connectivity index is 2.24. The fraction of sp³-hybridized carbons (Fsp3) is 0.933. The van der Waals surface area contributed by atoms with E-state index in [1.54, 1.807) is 0 Å². The summed E-state index contributed by atoms with van der Waals surface area (Å²) in [6.07, 6.45) is 7.85. The molecule has 2 aliphatic carbocycles. The molecule has 0 radical (unpaired) electrons. The first-order valence-electron chi connectivity index (χ1n) is 7.08. The van der Waals surface area contributed by atoms with E-state index >= 15 is 0 Å². The molecule has 0 spiro atoms. The van der Waals surface area contributed by atoms with Crippen LogP contribution in [0.1, 0.15) is 65.7 Å². The monoisotopic (exact) mass is 238 g/mol. The minimum absolute atomic E-state index is 0.276. The second kappa shape index (κ2) is 4.29. The highest BCUT2D eigenvalue weighted by Gasteiger charge is 2.52. The number of carboxylic acids is 1. The second-order valence-corrected chi connectivity index (χ2v) is 7.13. The van der Waals surface area contributed by atoms with Crippen molar-refractivity contribution in [2.24, 2.45) is 22.7 Å². The number of carboxylic acid groups (broad SMARTS) is 1. The van der Waals surface area contributed by atoms with Crippen molar-refractivity contribution in [3.05, 3.63) is 0 Å². The minimum Gasteiger partial charge on any atom is -0.481 e. The van der Waals surface area contributed by atoms with Crippen LogP contribution in [0.25, 0.3) is 0 Å². The van der Waals surface area contributed by atoms with Crippen LogP contribution in [-0.2, 0) is 4.79 Å². The third-order valence-corrected chi connectivity index (χ3v) is 5.69. The van der Waals surface area contributed by atoms with Crippen LogP contribution < -0.4 is 0 Å². The summed E-state index contributed by atoms with van der Waals surface area (Å²) < 4.78 is 0. The van der Waals surface area contributed by atoms with Gasteiger partial charge in [-0.15, -0.1) is 0 Å². The van der Waals surface area contributed by atoms with Gasteiger partial charge in [-0.1, -0.05) is 33.6 Å². The van der Waals surface area contributed by atoms with Crippen LogP contribution in [0.3, 0.4) is 0 Å². The van der Waals surface area contributed by atoms with Gasteiger partial charge in [0.25, 0.3) is 0 Å². The first kappa shape index (κ1) is 12.9. The molecule has 1 N–H and O–H groups in total. The molecule has 0 heterocycles. The lowest BCUT2D eigenvalue weighted by atomic mass is 9.47. The van der Waals surface area contributed by atoms with Gasteiger partial charge in [-0.2, -0.15) is 0 Å². The fourth-order valence-electron chi connectivity index (χ4n) is 4.73. The van der Waals surface area contributed by atoms with Crippen LogP contribution >= 0.6 is 0 Å². The molecule has 2 nitrogen and oxygen atoms in total. The van der Waals surface area contributed by atoms with Crippen molar-refractivity contribution >= 4 is 5.97 Å². The van der Waals surface area contributed by atoms with Crippen molar-refractivity contribution in [3.8, 4) is 0 Å². The van der Waals surface area contributed by atoms with Gasteiger partial charge >= 0.3 is 5.97 Å². The summed E-state index contributed by atoms with van der Waals surface area (Å²) in [5, 5.41) is 9.10. The molecule has 3 atom stereocenters. The summed E-state index contributed by atoms with van der Waals surface area (Å²) in [6.45, 7) is 7.14. The molecule has 0 aromatic carbocycles. The molecule has 0 aromatic rings. The van der Waals surface area contributed by atoms with E-state index in [2.05, 4.69) is 20.8 Å². The van der Waals surface area contributed by atoms with Gasteiger partial charge in [0.1, 0.15) is 0 Å². The van der Waals surface area contributed by atoms with Crippen molar-refractivity contribution in [2.45, 2.75) is 65.7 Å². The maximum Gasteiger partial charge on any atom is 0.303 e. The van der Waals surface area contributed by atoms with Gasteiger partial charge in [-0.25, -0.2) is 0 Å². The minimum atomic E-state index is -0.611. The molecule has 17 heavy (non-hydrogen) atoms. The summed E-state index contributed by atoms with van der Waals surface area (Å²) in [4.78, 5) is 11.0. The van der Waals surface area contributed by atoms with E-state index in [4.69, 9.17) is 5.11 Å². The van der Waals surface area contributed by atoms with E-state index in [0.29, 0.717) is 17.8 Å². The highest BCUT2D eigenvalue weighted by molar-refractivity contribution is 5.67. The highest BCUT2D eigenvalue weighted by atomic mass is 16.4. The lowest BCUT2D eigenvalue weighted by Gasteiger charge is -2.57. The Bertz CT molecular complexity index is 308. The lowest BCUT2D eigenvalue weighted by Crippen LogP contribution is -2.49. The Morgan fingerprint density at radius 3 is 2.53 bits per heavy atom. The van der Waals surface area contributed by atoms with Crippen molar-refractivity contribution in [3.63, 3.8) is 0 Å². The van der Waals surface area contributed by atoms with Crippen LogP contribution in [0, 0.1) is 22.7 Å². The quantitative estimate of drug-likeness (QED) is 0.786. The maximum atomic E-state index is 11.0. The van der Waals surface area contributed by atoms with Gasteiger partial charge in [0.15, 0.2) is 0 Å². The number of fused-ring (bicyclic) bond motifs is 1. The van der Waals surface area contributed by atoms with Crippen LogP contribution in [0.2, 0.25) is 0 Å². The average molecular weight is 238 g/mol. The molecule has 0 aliphatic heterocycles. The van der Waals surface area contributed by atoms with Crippen molar-refractivity contribution in [2.75, 3.05) is 0 Å². The molecule has 2 aliphatic rings. The molecule has 98 valence electrons. The highest BCUT2D eigenvalue weighted by Crippen LogP contribution is 2.60. The number of hydrogen-bond donors (Lipinski definition) is 1. The van der Waals surface area contributed by atoms with Crippen LogP contribution in [-0.4, -0.2) is 11.1 Å². The number of hydrogen-bond acceptors (Lipinski definition) is 1. The van der Waals surface area contributed by atoms with E-state index in [0.717, 1.165) is 12.3 Å². The molecule has 0 bridgehead atoms. The summed E-state index contributed by atoms with van der Waals surface area (Å²) in [5.74, 6) is 0.514. The second-order valence-electron chi connectivity index (χ2n) is 7.13. The summed E-state index contributed by atoms with van der Waals surface area (Å²) in [6, 6.07) is 0. The van der Waals surface area contributed by atoms with Gasteiger partial charge < -0.3 is 5.11 Å². The summed E-state index contributed by atoms with van der Waals surface area (Å²) in [7, 11) is 0. The Morgan fingerprint density at radius 2 is 1.88 bits per heavy atom. The average Bonchev–Trinajstić information content (AvgIpc) is 2.22. The summed E-state index contributed by atoms with van der Waals surface area (Å²) in [5.41, 5.74) is 0.683. The number of carbonyl (C=O) groups is 1. The van der Waals surface area contributed by atoms with E-state index < -0.39 is 5.97 Å². The Hall–Kier alpha value is -0.530. The molecule has 2 saturated carbocycles. The zero-order chi connectivity index (χ0) is 12.7. The SMILES string of the molecule is CC1(C)CCC(CC(=O)O)C2(C)CCCCC12. The van der Waals surface area contributed by atoms with E-state index in [1.807, 2.05) is 0 Å². The van der Waals surface area contributed by atoms with Crippen molar-refractivity contribution < 1.29 is 9.90 Å². The third kappa shape index (κ3) is 2.23. The molecule has 3 unspecified atom stereocenters. The largest absolute Gasteiger partial charge is 0.481 e. The zero-order valence-corrected chi connectivity index (χ0v) is 11.5. The molecule has 2 heteroatoms. The topological polar surface area (TPSA) is 37.3 Å². The van der Waals surface area contributed by atoms with E-state index in [1.165, 1.54) is 32.1 Å². The van der Waals surface area contributed by atoms with Gasteiger partial charge in [0.2, 0.25) is 0 Å². The molecular formula is C15H26O2. The van der Waals surface area contributed by atoms with Crippen molar-refractivity contribution in [1.82, 2.24) is 0 Å². The summed E-state index contributed by atoms with van der Waals surface area (Å²) >= 11 is 0. The maximum absolute atomic E-state index is 11.0. The predicted octanol–water partition coefficient (Wildman–Crippen LogP) is 4.09. The van der Waals surface area contributed by atoms with E-state index in [-0.39, 0.29) is 5.41 Å². The van der Waals surface area contributed by atoms with Crippen LogP contribution in [0.5, 0.6) is 0 Å². The lowest BCUT2D eigenvalue weighted by molar-refractivity contribution is -0.144. The van der Waals surface area contributed by atoms with Gasteiger partial charge in [-0.05, 0) is 48.3 Å². The van der Waals surface area contributed by atoms with Crippen LogP contribution in [0.15, 0.2) is 0 Å². The van der Waals surface area contributed by atoms with E-state index in [9.17, 15) is 4.79 Å². The Kier molecular flexibility index (Phi) is 3.26. The number of aliphatic carboxylic acids is 1. The third-order valence-electron chi connectivity index (χ3n) is 5.69. The zero-order valence-electron chi connectivity index (χ0n) is 11.5. The Labute approximate surface area is 105 Å². The molecular weight excluding hydrogens is 212 g/mol. The molecule has 0 amide bonds. The van der Waals surface area contributed by atoms with Crippen LogP contribution in [0.4, 0.5) is 0 Å². The normalized spacial score (nSPS) is 40.6. The molecule has 2 rings (SSSR count). The standard InChI is InChI=1S/C15H26O2/c1-14(2)9-7-11(10-13(16)17)15(3)8-5-4-6-12(14)15/h11-12H,4-10H2,1-3H3,(H,16,17). The number of rotatable bonds is 2. The fourth-order valence-corrected chi connectivity index (χ4v) is 4.73. The molecule has 2 fully saturated rings. The van der Waals surface area contributed by atoms with Gasteiger partial charge in [-0.3, -0.25) is 4.79 Å². The van der Waals surface area contributed by atoms with Crippen molar-refractivity contribution in [1.29, 1.82) is 0 Å². The van der Waals surface area contributed by atoms with Gasteiger partial charge in [0, 0.05) is 6.42 Å². The molecule has 0 saturated heterocycles. The van der Waals surface area contributed by atoms with Gasteiger partial charge in [0.05, 0.1) is 0 Å². The smallest absolute Gasteiger partial charge is 0.303 e. The molecule has 0 aromatic heterocycles. The Morgan fingerprint density at radius 1 is 1.18 bits per heavy atom. The first-order valence-corrected chi connectivity index (χ1v) is 7.08.